The van der Waals surface area contributed by atoms with Crippen LogP contribution in [-0.4, -0.2) is 46.8 Å². The molecule has 0 spiro atoms. The molecule has 6 nitrogen and oxygen atoms in total. The van der Waals surface area contributed by atoms with Gasteiger partial charge in [0.1, 0.15) is 11.9 Å². The Labute approximate surface area is 212 Å². The first-order valence-corrected chi connectivity index (χ1v) is 12.4. The molecule has 7 heteroatoms. The van der Waals surface area contributed by atoms with Crippen molar-refractivity contribution in [1.82, 2.24) is 9.88 Å². The molecule has 2 aliphatic rings. The molecular weight excluding hydrogens is 454 g/mol. The Morgan fingerprint density at radius 3 is 2.31 bits per heavy atom. The summed E-state index contributed by atoms with van der Waals surface area (Å²) in [6, 6.07) is 22.7. The monoisotopic (exact) mass is 483 g/mol. The maximum atomic E-state index is 10.2. The standard InChI is InChI=1S/C28H29N5OS/c1-28(2)17-22-23(18-29)26(31-25(24(22)19-34-28)20-9-5-3-6-10-20)32-13-15-33(16-14-32)27(35)30-21-11-7-4-8-12-21/h3-12H,13-17,19H2,1-2H3,(H,30,35). The van der Waals surface area contributed by atoms with E-state index in [0.29, 0.717) is 18.6 Å². The number of para-hydroxylation sites is 1. The van der Waals surface area contributed by atoms with Crippen molar-refractivity contribution in [3.05, 3.63) is 77.4 Å². The predicted octanol–water partition coefficient (Wildman–Crippen LogP) is 4.99. The summed E-state index contributed by atoms with van der Waals surface area (Å²) in [7, 11) is 0. The number of pyridine rings is 1. The van der Waals surface area contributed by atoms with Crippen LogP contribution in [0, 0.1) is 11.3 Å². The summed E-state index contributed by atoms with van der Waals surface area (Å²) < 4.78 is 6.14. The van der Waals surface area contributed by atoms with Crippen molar-refractivity contribution < 1.29 is 4.74 Å². The molecule has 178 valence electrons. The quantitative estimate of drug-likeness (QED) is 0.527. The average molecular weight is 484 g/mol. The van der Waals surface area contributed by atoms with Gasteiger partial charge in [-0.1, -0.05) is 48.5 Å². The molecule has 3 heterocycles. The number of rotatable bonds is 3. The molecule has 0 radical (unpaired) electrons. The zero-order chi connectivity index (χ0) is 24.4. The topological polar surface area (TPSA) is 64.4 Å². The van der Waals surface area contributed by atoms with E-state index < -0.39 is 0 Å². The van der Waals surface area contributed by atoms with Gasteiger partial charge in [0, 0.05) is 49.4 Å². The van der Waals surface area contributed by atoms with Gasteiger partial charge in [-0.3, -0.25) is 0 Å². The summed E-state index contributed by atoms with van der Waals surface area (Å²) in [5.74, 6) is 0.768. The molecule has 2 aliphatic heterocycles. The Hall–Kier alpha value is -3.47. The Balaban J connectivity index is 1.44. The van der Waals surface area contributed by atoms with Gasteiger partial charge in [0.15, 0.2) is 5.11 Å². The lowest BCUT2D eigenvalue weighted by Gasteiger charge is -2.39. The first-order valence-electron chi connectivity index (χ1n) is 12.0. The molecule has 35 heavy (non-hydrogen) atoms. The molecule has 1 fully saturated rings. The van der Waals surface area contributed by atoms with Crippen molar-refractivity contribution >= 4 is 28.8 Å². The number of ether oxygens (including phenoxy) is 1. The second-order valence-corrected chi connectivity index (χ2v) is 9.98. The van der Waals surface area contributed by atoms with Gasteiger partial charge in [0.25, 0.3) is 0 Å². The van der Waals surface area contributed by atoms with Gasteiger partial charge in [-0.05, 0) is 43.8 Å². The molecule has 1 saturated heterocycles. The van der Waals surface area contributed by atoms with Gasteiger partial charge >= 0.3 is 0 Å². The zero-order valence-corrected chi connectivity index (χ0v) is 20.9. The normalized spacial score (nSPS) is 16.8. The number of aromatic nitrogens is 1. The summed E-state index contributed by atoms with van der Waals surface area (Å²) >= 11 is 5.66. The number of nitriles is 1. The Morgan fingerprint density at radius 1 is 1.00 bits per heavy atom. The van der Waals surface area contributed by atoms with E-state index in [1.807, 2.05) is 48.5 Å². The van der Waals surface area contributed by atoms with Crippen LogP contribution in [0.25, 0.3) is 11.3 Å². The molecule has 5 rings (SSSR count). The van der Waals surface area contributed by atoms with E-state index in [4.69, 9.17) is 21.9 Å². The molecule has 2 aromatic carbocycles. The Morgan fingerprint density at radius 2 is 1.66 bits per heavy atom. The van der Waals surface area contributed by atoms with Crippen LogP contribution in [0.3, 0.4) is 0 Å². The minimum Gasteiger partial charge on any atom is -0.370 e. The fraction of sp³-hybridized carbons (Fsp3) is 0.321. The first kappa shape index (κ1) is 23.3. The molecular formula is C28H29N5OS. The molecule has 0 atom stereocenters. The lowest BCUT2D eigenvalue weighted by Crippen LogP contribution is -2.50. The molecule has 0 bridgehead atoms. The van der Waals surface area contributed by atoms with Crippen LogP contribution < -0.4 is 10.2 Å². The predicted molar refractivity (Wildman–Crippen MR) is 143 cm³/mol. The van der Waals surface area contributed by atoms with Gasteiger partial charge in [-0.2, -0.15) is 5.26 Å². The number of benzene rings is 2. The number of anilines is 2. The summed E-state index contributed by atoms with van der Waals surface area (Å²) in [6.45, 7) is 7.63. The van der Waals surface area contributed by atoms with Crippen molar-refractivity contribution in [1.29, 1.82) is 5.26 Å². The van der Waals surface area contributed by atoms with Gasteiger partial charge in [-0.15, -0.1) is 0 Å². The third-order valence-corrected chi connectivity index (χ3v) is 7.01. The van der Waals surface area contributed by atoms with E-state index in [0.717, 1.165) is 65.2 Å². The van der Waals surface area contributed by atoms with Crippen LogP contribution in [0.5, 0.6) is 0 Å². The molecule has 0 saturated carbocycles. The Kier molecular flexibility index (Phi) is 6.42. The smallest absolute Gasteiger partial charge is 0.173 e. The third-order valence-electron chi connectivity index (χ3n) is 6.65. The minimum atomic E-state index is -0.320. The van der Waals surface area contributed by atoms with Crippen LogP contribution in [0.4, 0.5) is 11.5 Å². The summed E-state index contributed by atoms with van der Waals surface area (Å²) in [5, 5.41) is 14.3. The molecule has 0 unspecified atom stereocenters. The van der Waals surface area contributed by atoms with E-state index in [1.54, 1.807) is 0 Å². The van der Waals surface area contributed by atoms with E-state index >= 15 is 0 Å². The highest BCUT2D eigenvalue weighted by Crippen LogP contribution is 2.39. The summed E-state index contributed by atoms with van der Waals surface area (Å²) in [5.41, 5.74) is 5.39. The molecule has 0 amide bonds. The zero-order valence-electron chi connectivity index (χ0n) is 20.1. The number of nitrogens with zero attached hydrogens (tertiary/aromatic N) is 4. The second-order valence-electron chi connectivity index (χ2n) is 9.59. The Bertz CT molecular complexity index is 1260. The maximum absolute atomic E-state index is 10.2. The number of hydrogen-bond donors (Lipinski definition) is 1. The third kappa shape index (κ3) is 4.86. The highest BCUT2D eigenvalue weighted by molar-refractivity contribution is 7.80. The van der Waals surface area contributed by atoms with Crippen molar-refractivity contribution in [2.45, 2.75) is 32.5 Å². The van der Waals surface area contributed by atoms with E-state index in [-0.39, 0.29) is 5.60 Å². The maximum Gasteiger partial charge on any atom is 0.173 e. The number of thiocarbonyl (C=S) groups is 1. The van der Waals surface area contributed by atoms with Crippen LogP contribution in [0.1, 0.15) is 30.5 Å². The van der Waals surface area contributed by atoms with Crippen LogP contribution in [0.2, 0.25) is 0 Å². The highest BCUT2D eigenvalue weighted by Gasteiger charge is 2.34. The first-order chi connectivity index (χ1) is 16.9. The molecule has 3 aromatic rings. The van der Waals surface area contributed by atoms with Crippen LogP contribution in [-0.2, 0) is 17.8 Å². The van der Waals surface area contributed by atoms with Gasteiger partial charge < -0.3 is 19.9 Å². The number of piperazine rings is 1. The summed E-state index contributed by atoms with van der Waals surface area (Å²) in [6.07, 6.45) is 0.686. The van der Waals surface area contributed by atoms with E-state index in [1.165, 1.54) is 0 Å². The van der Waals surface area contributed by atoms with Gasteiger partial charge in [0.05, 0.1) is 23.5 Å². The fourth-order valence-corrected chi connectivity index (χ4v) is 5.08. The van der Waals surface area contributed by atoms with Crippen molar-refractivity contribution in [3.8, 4) is 17.3 Å². The van der Waals surface area contributed by atoms with Crippen LogP contribution >= 0.6 is 12.2 Å². The van der Waals surface area contributed by atoms with Crippen LogP contribution in [0.15, 0.2) is 60.7 Å². The number of fused-ring (bicyclic) bond motifs is 1. The molecule has 0 aliphatic carbocycles. The van der Waals surface area contributed by atoms with Gasteiger partial charge in [0.2, 0.25) is 0 Å². The average Bonchev–Trinajstić information content (AvgIpc) is 2.88. The lowest BCUT2D eigenvalue weighted by molar-refractivity contribution is -0.0400. The van der Waals surface area contributed by atoms with E-state index in [2.05, 4.69) is 47.2 Å². The van der Waals surface area contributed by atoms with E-state index in [9.17, 15) is 5.26 Å². The highest BCUT2D eigenvalue weighted by atomic mass is 32.1. The SMILES string of the molecule is CC1(C)Cc2c(C#N)c(N3CCN(C(=S)Nc4ccccc4)CC3)nc(-c3ccccc3)c2CO1. The largest absolute Gasteiger partial charge is 0.370 e. The fourth-order valence-electron chi connectivity index (χ4n) is 4.78. The summed E-state index contributed by atoms with van der Waals surface area (Å²) in [4.78, 5) is 9.50. The number of hydrogen-bond acceptors (Lipinski definition) is 5. The van der Waals surface area contributed by atoms with Crippen molar-refractivity contribution in [2.75, 3.05) is 36.4 Å². The molecule has 1 N–H and O–H groups in total. The number of nitrogens with one attached hydrogen (secondary N) is 1. The van der Waals surface area contributed by atoms with Crippen molar-refractivity contribution in [3.63, 3.8) is 0 Å². The second kappa shape index (κ2) is 9.65. The molecule has 1 aromatic heterocycles. The van der Waals surface area contributed by atoms with Gasteiger partial charge in [-0.25, -0.2) is 4.98 Å². The van der Waals surface area contributed by atoms with Crippen molar-refractivity contribution in [2.24, 2.45) is 0 Å². The lowest BCUT2D eigenvalue weighted by atomic mass is 9.86. The minimum absolute atomic E-state index is 0.320.